The maximum atomic E-state index is 12.4. The van der Waals surface area contributed by atoms with Gasteiger partial charge in [0.25, 0.3) is 0 Å². The Hall–Kier alpha value is -1.34. The normalized spacial score (nSPS) is 12.0. The highest BCUT2D eigenvalue weighted by molar-refractivity contribution is 9.10. The van der Waals surface area contributed by atoms with Gasteiger partial charge >= 0.3 is 0 Å². The molecule has 0 aliphatic heterocycles. The molecule has 0 fully saturated rings. The number of rotatable bonds is 4. The Labute approximate surface area is 126 Å². The summed E-state index contributed by atoms with van der Waals surface area (Å²) < 4.78 is 27.2. The minimum absolute atomic E-state index is 0.131. The van der Waals surface area contributed by atoms with Crippen LogP contribution in [-0.4, -0.2) is 18.2 Å². The van der Waals surface area contributed by atoms with E-state index in [4.69, 9.17) is 5.73 Å². The molecule has 5 nitrogen and oxygen atoms in total. The molecule has 2 aromatic rings. The van der Waals surface area contributed by atoms with Gasteiger partial charge in [-0.25, -0.2) is 8.42 Å². The van der Waals surface area contributed by atoms with E-state index < -0.39 is 9.84 Å². The number of hydrogen-bond acceptors (Lipinski definition) is 4. The van der Waals surface area contributed by atoms with Gasteiger partial charge in [-0.1, -0.05) is 15.9 Å². The first-order valence-electron chi connectivity index (χ1n) is 6.11. The molecule has 20 heavy (non-hydrogen) atoms. The average molecular weight is 358 g/mol. The molecule has 2 N–H and O–H groups in total. The first kappa shape index (κ1) is 15.1. The first-order valence-corrected chi connectivity index (χ1v) is 8.56. The summed E-state index contributed by atoms with van der Waals surface area (Å²) in [5.74, 6) is -0.159. The zero-order chi connectivity index (χ0) is 14.9. The number of nitrogens with zero attached hydrogens (tertiary/aromatic N) is 2. The quantitative estimate of drug-likeness (QED) is 0.853. The lowest BCUT2D eigenvalue weighted by atomic mass is 10.3. The molecule has 2 rings (SSSR count). The largest absolute Gasteiger partial charge is 0.398 e. The lowest BCUT2D eigenvalue weighted by Gasteiger charge is -2.07. The molecule has 0 aliphatic carbocycles. The van der Waals surface area contributed by atoms with Crippen molar-refractivity contribution >= 4 is 31.5 Å². The topological polar surface area (TPSA) is 78.0 Å². The first-order chi connectivity index (χ1) is 9.29. The molecule has 0 unspecified atom stereocenters. The van der Waals surface area contributed by atoms with Crippen molar-refractivity contribution < 1.29 is 8.42 Å². The predicted molar refractivity (Wildman–Crippen MR) is 82.1 cm³/mol. The van der Waals surface area contributed by atoms with E-state index in [1.165, 1.54) is 6.07 Å². The predicted octanol–water partition coefficient (Wildman–Crippen LogP) is 2.78. The van der Waals surface area contributed by atoms with Crippen LogP contribution in [0.2, 0.25) is 0 Å². The molecule has 0 bridgehead atoms. The van der Waals surface area contributed by atoms with Crippen LogP contribution in [0.15, 0.2) is 39.8 Å². The van der Waals surface area contributed by atoms with Gasteiger partial charge in [0.2, 0.25) is 0 Å². The van der Waals surface area contributed by atoms with E-state index in [2.05, 4.69) is 21.0 Å². The molecule has 7 heteroatoms. The average Bonchev–Trinajstić information content (AvgIpc) is 2.80. The van der Waals surface area contributed by atoms with Crippen molar-refractivity contribution in [1.82, 2.24) is 9.78 Å². The smallest absolute Gasteiger partial charge is 0.186 e. The summed E-state index contributed by atoms with van der Waals surface area (Å²) in [7, 11) is -3.51. The van der Waals surface area contributed by atoms with Crippen LogP contribution < -0.4 is 5.73 Å². The lowest BCUT2D eigenvalue weighted by Crippen LogP contribution is -2.09. The van der Waals surface area contributed by atoms with Crippen LogP contribution in [-0.2, 0) is 15.6 Å². The SMILES string of the molecule is CC(C)n1ccc(CS(=O)(=O)c2cc(Br)ccc2N)n1. The second kappa shape index (κ2) is 5.57. The highest BCUT2D eigenvalue weighted by Crippen LogP contribution is 2.25. The molecule has 0 atom stereocenters. The number of aromatic nitrogens is 2. The zero-order valence-electron chi connectivity index (χ0n) is 11.2. The fourth-order valence-electron chi connectivity index (χ4n) is 1.79. The molecule has 1 aromatic heterocycles. The number of sulfone groups is 1. The summed E-state index contributed by atoms with van der Waals surface area (Å²) in [4.78, 5) is 0.131. The molecule has 108 valence electrons. The van der Waals surface area contributed by atoms with Crippen molar-refractivity contribution in [3.05, 3.63) is 40.6 Å². The van der Waals surface area contributed by atoms with E-state index >= 15 is 0 Å². The number of nitrogens with two attached hydrogens (primary N) is 1. The highest BCUT2D eigenvalue weighted by Gasteiger charge is 2.20. The summed E-state index contributed by atoms with van der Waals surface area (Å²) in [5.41, 5.74) is 6.52. The van der Waals surface area contributed by atoms with Gasteiger partial charge in [0.1, 0.15) is 0 Å². The Morgan fingerprint density at radius 1 is 1.35 bits per heavy atom. The van der Waals surface area contributed by atoms with Crippen molar-refractivity contribution in [2.45, 2.75) is 30.5 Å². The Morgan fingerprint density at radius 3 is 2.65 bits per heavy atom. The van der Waals surface area contributed by atoms with Crippen LogP contribution in [0.3, 0.4) is 0 Å². The molecule has 0 amide bonds. The molecule has 0 saturated heterocycles. The number of benzene rings is 1. The fourth-order valence-corrected chi connectivity index (χ4v) is 3.74. The number of anilines is 1. The van der Waals surface area contributed by atoms with Gasteiger partial charge in [-0.05, 0) is 38.1 Å². The van der Waals surface area contributed by atoms with Crippen LogP contribution in [0, 0.1) is 0 Å². The standard InChI is InChI=1S/C13H16BrN3O2S/c1-9(2)17-6-5-11(16-17)8-20(18,19)13-7-10(14)3-4-12(13)15/h3-7,9H,8,15H2,1-2H3. The lowest BCUT2D eigenvalue weighted by molar-refractivity contribution is 0.527. The van der Waals surface area contributed by atoms with E-state index in [-0.39, 0.29) is 22.4 Å². The van der Waals surface area contributed by atoms with Crippen LogP contribution in [0.5, 0.6) is 0 Å². The zero-order valence-corrected chi connectivity index (χ0v) is 13.6. The Kier molecular flexibility index (Phi) is 4.19. The molecule has 0 aliphatic rings. The molecule has 1 aromatic carbocycles. The second-order valence-electron chi connectivity index (χ2n) is 4.82. The fraction of sp³-hybridized carbons (Fsp3) is 0.308. The summed E-state index contributed by atoms with van der Waals surface area (Å²) in [6.07, 6.45) is 1.78. The maximum Gasteiger partial charge on any atom is 0.186 e. The minimum Gasteiger partial charge on any atom is -0.398 e. The van der Waals surface area contributed by atoms with Crippen LogP contribution in [0.25, 0.3) is 0 Å². The van der Waals surface area contributed by atoms with E-state index in [1.54, 1.807) is 29.1 Å². The van der Waals surface area contributed by atoms with E-state index in [0.717, 1.165) is 0 Å². The van der Waals surface area contributed by atoms with Gasteiger partial charge in [-0.3, -0.25) is 4.68 Å². The molecule has 1 heterocycles. The van der Waals surface area contributed by atoms with E-state index in [1.807, 2.05) is 13.8 Å². The van der Waals surface area contributed by atoms with Gasteiger partial charge in [0.15, 0.2) is 9.84 Å². The number of halogens is 1. The van der Waals surface area contributed by atoms with Gasteiger partial charge in [0, 0.05) is 16.7 Å². The van der Waals surface area contributed by atoms with Gasteiger partial charge < -0.3 is 5.73 Å². The Morgan fingerprint density at radius 2 is 2.05 bits per heavy atom. The van der Waals surface area contributed by atoms with Gasteiger partial charge in [-0.15, -0.1) is 0 Å². The van der Waals surface area contributed by atoms with Crippen molar-refractivity contribution in [1.29, 1.82) is 0 Å². The number of nitrogen functional groups attached to an aromatic ring is 1. The second-order valence-corrected chi connectivity index (χ2v) is 7.70. The van der Waals surface area contributed by atoms with Crippen LogP contribution in [0.1, 0.15) is 25.6 Å². The van der Waals surface area contributed by atoms with Crippen molar-refractivity contribution in [2.24, 2.45) is 0 Å². The third-order valence-electron chi connectivity index (χ3n) is 2.84. The summed E-state index contributed by atoms with van der Waals surface area (Å²) >= 11 is 3.26. The highest BCUT2D eigenvalue weighted by atomic mass is 79.9. The molecule has 0 radical (unpaired) electrons. The van der Waals surface area contributed by atoms with Gasteiger partial charge in [0.05, 0.1) is 22.0 Å². The monoisotopic (exact) mass is 357 g/mol. The maximum absolute atomic E-state index is 12.4. The summed E-state index contributed by atoms with van der Waals surface area (Å²) in [6, 6.07) is 6.71. The van der Waals surface area contributed by atoms with E-state index in [9.17, 15) is 8.42 Å². The molecule has 0 saturated carbocycles. The number of hydrogen-bond donors (Lipinski definition) is 1. The van der Waals surface area contributed by atoms with Crippen molar-refractivity contribution in [2.75, 3.05) is 5.73 Å². The third kappa shape index (κ3) is 3.21. The van der Waals surface area contributed by atoms with Crippen molar-refractivity contribution in [3.63, 3.8) is 0 Å². The third-order valence-corrected chi connectivity index (χ3v) is 5.03. The molecule has 0 spiro atoms. The van der Waals surface area contributed by atoms with Crippen molar-refractivity contribution in [3.8, 4) is 0 Å². The molecular weight excluding hydrogens is 342 g/mol. The van der Waals surface area contributed by atoms with E-state index in [0.29, 0.717) is 10.2 Å². The van der Waals surface area contributed by atoms with Crippen LogP contribution >= 0.6 is 15.9 Å². The van der Waals surface area contributed by atoms with Crippen LogP contribution in [0.4, 0.5) is 5.69 Å². The Bertz CT molecular complexity index is 723. The molecular formula is C13H16BrN3O2S. The summed E-state index contributed by atoms with van der Waals surface area (Å²) in [5, 5.41) is 4.26. The minimum atomic E-state index is -3.51. The van der Waals surface area contributed by atoms with Gasteiger partial charge in [-0.2, -0.15) is 5.10 Å². The Balaban J connectivity index is 2.33. The summed E-state index contributed by atoms with van der Waals surface area (Å²) in [6.45, 7) is 3.97.